The van der Waals surface area contributed by atoms with Crippen molar-refractivity contribution in [2.75, 3.05) is 40.1 Å². The molecule has 7 nitrogen and oxygen atoms in total. The predicted molar refractivity (Wildman–Crippen MR) is 121 cm³/mol. The molecule has 1 fully saturated rings. The monoisotopic (exact) mass is 443 g/mol. The molecule has 0 aliphatic carbocycles. The minimum atomic E-state index is -0.0225. The molecule has 0 atom stereocenters. The number of rotatable bonds is 8. The highest BCUT2D eigenvalue weighted by Crippen LogP contribution is 2.28. The summed E-state index contributed by atoms with van der Waals surface area (Å²) in [6.07, 6.45) is 5.67. The molecule has 31 heavy (non-hydrogen) atoms. The quantitative estimate of drug-likeness (QED) is 0.632. The van der Waals surface area contributed by atoms with Crippen LogP contribution in [-0.4, -0.2) is 61.8 Å². The Balaban J connectivity index is 1.46. The minimum absolute atomic E-state index is 0.0225. The van der Waals surface area contributed by atoms with Crippen LogP contribution in [0, 0.1) is 5.92 Å². The van der Waals surface area contributed by atoms with Crippen molar-refractivity contribution in [2.24, 2.45) is 5.92 Å². The molecule has 2 aromatic rings. The molecule has 0 unspecified atom stereocenters. The van der Waals surface area contributed by atoms with Crippen LogP contribution >= 0.6 is 11.8 Å². The van der Waals surface area contributed by atoms with Crippen molar-refractivity contribution < 1.29 is 19.1 Å². The van der Waals surface area contributed by atoms with E-state index in [2.05, 4.69) is 10.3 Å². The van der Waals surface area contributed by atoms with Crippen molar-refractivity contribution in [1.82, 2.24) is 15.2 Å². The van der Waals surface area contributed by atoms with Crippen LogP contribution in [0.15, 0.2) is 41.6 Å². The maximum absolute atomic E-state index is 12.8. The highest BCUT2D eigenvalue weighted by molar-refractivity contribution is 7.98. The largest absolute Gasteiger partial charge is 0.493 e. The summed E-state index contributed by atoms with van der Waals surface area (Å²) >= 11 is 1.48. The van der Waals surface area contributed by atoms with Gasteiger partial charge >= 0.3 is 0 Å². The first-order chi connectivity index (χ1) is 15.0. The Morgan fingerprint density at radius 2 is 1.90 bits per heavy atom. The number of carbonyl (C=O) groups is 2. The van der Waals surface area contributed by atoms with Crippen molar-refractivity contribution in [3.8, 4) is 11.5 Å². The van der Waals surface area contributed by atoms with Crippen LogP contribution in [0.4, 0.5) is 0 Å². The summed E-state index contributed by atoms with van der Waals surface area (Å²) in [6.45, 7) is 2.01. The Labute approximate surface area is 187 Å². The van der Waals surface area contributed by atoms with Crippen molar-refractivity contribution in [1.29, 1.82) is 0 Å². The van der Waals surface area contributed by atoms with E-state index in [0.717, 1.165) is 23.4 Å². The van der Waals surface area contributed by atoms with Gasteiger partial charge in [0.15, 0.2) is 11.5 Å². The summed E-state index contributed by atoms with van der Waals surface area (Å²) in [5.74, 6) is 1.64. The fourth-order valence-corrected chi connectivity index (χ4v) is 4.26. The maximum Gasteiger partial charge on any atom is 0.256 e. The second-order valence-electron chi connectivity index (χ2n) is 7.47. The lowest BCUT2D eigenvalue weighted by Gasteiger charge is -2.32. The Kier molecular flexibility index (Phi) is 8.17. The van der Waals surface area contributed by atoms with Gasteiger partial charge in [0.05, 0.1) is 26.2 Å². The second-order valence-corrected chi connectivity index (χ2v) is 8.26. The van der Waals surface area contributed by atoms with E-state index in [0.29, 0.717) is 42.6 Å². The van der Waals surface area contributed by atoms with Crippen LogP contribution < -0.4 is 14.8 Å². The van der Waals surface area contributed by atoms with Crippen LogP contribution in [0.3, 0.4) is 0 Å². The summed E-state index contributed by atoms with van der Waals surface area (Å²) in [7, 11) is 3.16. The van der Waals surface area contributed by atoms with Gasteiger partial charge in [0.25, 0.3) is 5.91 Å². The zero-order valence-electron chi connectivity index (χ0n) is 18.2. The van der Waals surface area contributed by atoms with Gasteiger partial charge in [-0.15, -0.1) is 11.8 Å². The first kappa shape index (κ1) is 22.9. The molecule has 2 heterocycles. The van der Waals surface area contributed by atoms with E-state index < -0.39 is 0 Å². The highest BCUT2D eigenvalue weighted by Gasteiger charge is 2.25. The highest BCUT2D eigenvalue weighted by atomic mass is 32.2. The number of aromatic nitrogens is 1. The van der Waals surface area contributed by atoms with E-state index in [1.807, 2.05) is 29.4 Å². The molecule has 1 saturated heterocycles. The molecule has 0 saturated carbocycles. The summed E-state index contributed by atoms with van der Waals surface area (Å²) in [6, 6.07) is 9.13. The van der Waals surface area contributed by atoms with Gasteiger partial charge < -0.3 is 19.7 Å². The number of carbonyl (C=O) groups excluding carboxylic acids is 2. The number of hydrogen-bond donors (Lipinski definition) is 1. The number of nitrogens with zero attached hydrogens (tertiary/aromatic N) is 2. The SMILES string of the molecule is COc1ccc(CC(=O)NCC2CCN(C(=O)c3cccnc3SC)CC2)cc1OC. The van der Waals surface area contributed by atoms with Crippen molar-refractivity contribution >= 4 is 23.6 Å². The van der Waals surface area contributed by atoms with Crippen LogP contribution in [-0.2, 0) is 11.2 Å². The number of hydrogen-bond acceptors (Lipinski definition) is 6. The lowest BCUT2D eigenvalue weighted by Crippen LogP contribution is -2.42. The van der Waals surface area contributed by atoms with Crippen LogP contribution in [0.25, 0.3) is 0 Å². The maximum atomic E-state index is 12.8. The number of benzene rings is 1. The van der Waals surface area contributed by atoms with Crippen molar-refractivity contribution in [2.45, 2.75) is 24.3 Å². The van der Waals surface area contributed by atoms with Crippen LogP contribution in [0.5, 0.6) is 11.5 Å². The van der Waals surface area contributed by atoms with Crippen molar-refractivity contribution in [3.63, 3.8) is 0 Å². The standard InChI is InChI=1S/C23H29N3O4S/c1-29-19-7-6-17(13-20(19)30-2)14-21(27)25-15-16-8-11-26(12-9-16)23(28)18-5-4-10-24-22(18)31-3/h4-7,10,13,16H,8-9,11-12,14-15H2,1-3H3,(H,25,27). The van der Waals surface area contributed by atoms with Crippen LogP contribution in [0.1, 0.15) is 28.8 Å². The molecular formula is C23H29N3O4S. The average molecular weight is 444 g/mol. The zero-order valence-corrected chi connectivity index (χ0v) is 19.0. The average Bonchev–Trinajstić information content (AvgIpc) is 2.82. The third-order valence-corrected chi connectivity index (χ3v) is 6.21. The van der Waals surface area contributed by atoms with E-state index in [4.69, 9.17) is 9.47 Å². The van der Waals surface area contributed by atoms with E-state index in [1.54, 1.807) is 32.5 Å². The number of piperidine rings is 1. The van der Waals surface area contributed by atoms with E-state index in [-0.39, 0.29) is 18.2 Å². The minimum Gasteiger partial charge on any atom is -0.493 e. The number of ether oxygens (including phenoxy) is 2. The molecule has 8 heteroatoms. The van der Waals surface area contributed by atoms with Crippen molar-refractivity contribution in [3.05, 3.63) is 47.7 Å². The summed E-state index contributed by atoms with van der Waals surface area (Å²) < 4.78 is 10.5. The summed E-state index contributed by atoms with van der Waals surface area (Å²) in [4.78, 5) is 31.4. The van der Waals surface area contributed by atoms with E-state index in [1.165, 1.54) is 11.8 Å². The molecule has 1 aliphatic rings. The Morgan fingerprint density at radius 1 is 1.16 bits per heavy atom. The molecular weight excluding hydrogens is 414 g/mol. The van der Waals surface area contributed by atoms with Gasteiger partial charge in [0.2, 0.25) is 5.91 Å². The molecule has 1 N–H and O–H groups in total. The summed E-state index contributed by atoms with van der Waals surface area (Å²) in [5, 5.41) is 3.79. The molecule has 0 spiro atoms. The molecule has 0 bridgehead atoms. The molecule has 0 radical (unpaired) electrons. The van der Waals surface area contributed by atoms with Crippen LogP contribution in [0.2, 0.25) is 0 Å². The van der Waals surface area contributed by atoms with Gasteiger partial charge in [-0.2, -0.15) is 0 Å². The number of methoxy groups -OCH3 is 2. The Hall–Kier alpha value is -2.74. The first-order valence-electron chi connectivity index (χ1n) is 10.3. The molecule has 1 aromatic heterocycles. The molecule has 2 amide bonds. The number of thioether (sulfide) groups is 1. The molecule has 1 aromatic carbocycles. The van der Waals surface area contributed by atoms with Gasteiger partial charge in [0.1, 0.15) is 5.03 Å². The third kappa shape index (κ3) is 5.91. The normalized spacial score (nSPS) is 14.2. The molecule has 3 rings (SSSR count). The lowest BCUT2D eigenvalue weighted by atomic mass is 9.96. The van der Waals surface area contributed by atoms with Gasteiger partial charge in [-0.3, -0.25) is 9.59 Å². The number of nitrogens with one attached hydrogen (secondary N) is 1. The smallest absolute Gasteiger partial charge is 0.256 e. The number of amides is 2. The zero-order chi connectivity index (χ0) is 22.2. The molecule has 166 valence electrons. The second kappa shape index (κ2) is 11.0. The predicted octanol–water partition coefficient (Wildman–Crippen LogP) is 3.03. The fraction of sp³-hybridized carbons (Fsp3) is 0.435. The topological polar surface area (TPSA) is 80.8 Å². The van der Waals surface area contributed by atoms with Gasteiger partial charge in [-0.05, 0) is 54.8 Å². The first-order valence-corrected chi connectivity index (χ1v) is 11.5. The molecule has 1 aliphatic heterocycles. The fourth-order valence-electron chi connectivity index (χ4n) is 3.72. The third-order valence-electron chi connectivity index (χ3n) is 5.50. The van der Waals surface area contributed by atoms with E-state index >= 15 is 0 Å². The van der Waals surface area contributed by atoms with Gasteiger partial charge in [0, 0.05) is 25.8 Å². The number of pyridine rings is 1. The lowest BCUT2D eigenvalue weighted by molar-refractivity contribution is -0.120. The van der Waals surface area contributed by atoms with Gasteiger partial charge in [-0.25, -0.2) is 4.98 Å². The number of likely N-dealkylation sites (tertiary alicyclic amines) is 1. The Morgan fingerprint density at radius 3 is 2.58 bits per heavy atom. The van der Waals surface area contributed by atoms with E-state index in [9.17, 15) is 9.59 Å². The summed E-state index contributed by atoms with van der Waals surface area (Å²) in [5.41, 5.74) is 1.54. The Bertz CT molecular complexity index is 913. The van der Waals surface area contributed by atoms with Gasteiger partial charge in [-0.1, -0.05) is 6.07 Å².